The Labute approximate surface area is 194 Å². The average Bonchev–Trinajstić information content (AvgIpc) is 3.18. The minimum absolute atomic E-state index is 0.0956. The van der Waals surface area contributed by atoms with E-state index in [4.69, 9.17) is 0 Å². The molecule has 1 N–H and O–H groups in total. The third-order valence-electron chi connectivity index (χ3n) is 4.65. The molecule has 0 aliphatic heterocycles. The number of amides is 1. The zero-order valence-corrected chi connectivity index (χ0v) is 19.4. The molecule has 0 spiro atoms. The summed E-state index contributed by atoms with van der Waals surface area (Å²) in [6.07, 6.45) is 0.659. The summed E-state index contributed by atoms with van der Waals surface area (Å²) < 4.78 is 2.88. The molecule has 1 aromatic heterocycles. The van der Waals surface area contributed by atoms with Crippen LogP contribution in [0.3, 0.4) is 0 Å². The van der Waals surface area contributed by atoms with Crippen LogP contribution in [-0.4, -0.2) is 26.4 Å². The fourth-order valence-corrected chi connectivity index (χ4v) is 4.52. The number of nitrogens with one attached hydrogen (secondary N) is 1. The predicted molar refractivity (Wildman–Crippen MR) is 129 cm³/mol. The molecule has 0 bridgehead atoms. The summed E-state index contributed by atoms with van der Waals surface area (Å²) in [5.74, 6) is 0.972. The van der Waals surface area contributed by atoms with E-state index in [1.807, 2.05) is 78.2 Å². The summed E-state index contributed by atoms with van der Waals surface area (Å²) in [6.45, 7) is 2.01. The van der Waals surface area contributed by atoms with Crippen molar-refractivity contribution in [2.75, 3.05) is 11.1 Å². The maximum atomic E-state index is 12.6. The summed E-state index contributed by atoms with van der Waals surface area (Å²) in [5, 5.41) is 12.4. The van der Waals surface area contributed by atoms with Crippen LogP contribution in [0.2, 0.25) is 0 Å². The first-order chi connectivity index (χ1) is 15.1. The molecule has 7 heteroatoms. The molecule has 4 aromatic rings. The van der Waals surface area contributed by atoms with Gasteiger partial charge in [-0.15, -0.1) is 10.2 Å². The van der Waals surface area contributed by atoms with Crippen LogP contribution in [-0.2, 0) is 11.2 Å². The lowest BCUT2D eigenvalue weighted by molar-refractivity contribution is -0.113. The number of benzene rings is 3. The highest BCUT2D eigenvalue weighted by Gasteiger charge is 2.16. The van der Waals surface area contributed by atoms with Gasteiger partial charge in [-0.3, -0.25) is 9.36 Å². The Kier molecular flexibility index (Phi) is 6.84. The number of rotatable bonds is 7. The maximum Gasteiger partial charge on any atom is 0.234 e. The molecule has 0 saturated heterocycles. The fraction of sp³-hybridized carbons (Fsp3) is 0.125. The number of carbonyl (C=O) groups is 1. The number of anilines is 1. The summed E-state index contributed by atoms with van der Waals surface area (Å²) in [7, 11) is 0. The van der Waals surface area contributed by atoms with E-state index in [2.05, 4.69) is 43.6 Å². The summed E-state index contributed by atoms with van der Waals surface area (Å²) in [4.78, 5) is 12.6. The van der Waals surface area contributed by atoms with E-state index >= 15 is 0 Å². The molecule has 0 aliphatic rings. The molecule has 0 unspecified atom stereocenters. The van der Waals surface area contributed by atoms with Crippen molar-refractivity contribution in [3.8, 4) is 5.69 Å². The monoisotopic (exact) mass is 492 g/mol. The zero-order chi connectivity index (χ0) is 21.6. The Morgan fingerprint density at radius 2 is 1.71 bits per heavy atom. The van der Waals surface area contributed by atoms with Crippen molar-refractivity contribution in [2.45, 2.75) is 18.5 Å². The lowest BCUT2D eigenvalue weighted by atomic mass is 10.1. The number of hydrogen-bond donors (Lipinski definition) is 1. The minimum Gasteiger partial charge on any atom is -0.324 e. The van der Waals surface area contributed by atoms with Gasteiger partial charge in [0.15, 0.2) is 5.16 Å². The predicted octanol–water partition coefficient (Wildman–Crippen LogP) is 5.66. The summed E-state index contributed by atoms with van der Waals surface area (Å²) in [6, 6.07) is 26.0. The fourth-order valence-electron chi connectivity index (χ4n) is 3.16. The van der Waals surface area contributed by atoms with Crippen molar-refractivity contribution in [2.24, 2.45) is 0 Å². The summed E-state index contributed by atoms with van der Waals surface area (Å²) >= 11 is 4.87. The van der Waals surface area contributed by atoms with Crippen molar-refractivity contribution >= 4 is 39.3 Å². The lowest BCUT2D eigenvalue weighted by Crippen LogP contribution is -2.15. The highest BCUT2D eigenvalue weighted by molar-refractivity contribution is 9.10. The second-order valence-corrected chi connectivity index (χ2v) is 8.85. The maximum absolute atomic E-state index is 12.6. The Hall–Kier alpha value is -2.90. The van der Waals surface area contributed by atoms with Crippen molar-refractivity contribution in [3.05, 3.63) is 100 Å². The van der Waals surface area contributed by atoms with Gasteiger partial charge in [0.25, 0.3) is 0 Å². The van der Waals surface area contributed by atoms with Crippen LogP contribution in [0, 0.1) is 6.92 Å². The van der Waals surface area contributed by atoms with Crippen LogP contribution < -0.4 is 5.32 Å². The largest absolute Gasteiger partial charge is 0.324 e. The van der Waals surface area contributed by atoms with E-state index in [-0.39, 0.29) is 11.7 Å². The van der Waals surface area contributed by atoms with Gasteiger partial charge in [0.1, 0.15) is 5.82 Å². The van der Waals surface area contributed by atoms with Gasteiger partial charge in [0, 0.05) is 16.6 Å². The molecular weight excluding hydrogens is 472 g/mol. The van der Waals surface area contributed by atoms with Crippen molar-refractivity contribution < 1.29 is 4.79 Å². The van der Waals surface area contributed by atoms with E-state index in [9.17, 15) is 4.79 Å². The van der Waals surface area contributed by atoms with Gasteiger partial charge in [-0.1, -0.05) is 66.4 Å². The number of carbonyl (C=O) groups excluding carboxylic acids is 1. The Balaban J connectivity index is 1.53. The Bertz CT molecular complexity index is 1180. The van der Waals surface area contributed by atoms with Gasteiger partial charge in [0.2, 0.25) is 5.91 Å². The van der Waals surface area contributed by atoms with Crippen LogP contribution in [0.5, 0.6) is 0 Å². The number of thioether (sulfide) groups is 1. The number of nitrogens with zero attached hydrogens (tertiary/aromatic N) is 3. The van der Waals surface area contributed by atoms with Crippen LogP contribution in [0.4, 0.5) is 5.69 Å². The third-order valence-corrected chi connectivity index (χ3v) is 6.24. The zero-order valence-electron chi connectivity index (χ0n) is 17.0. The van der Waals surface area contributed by atoms with Crippen LogP contribution in [0.15, 0.2) is 88.5 Å². The molecule has 4 rings (SSSR count). The number of hydrogen-bond acceptors (Lipinski definition) is 4. The molecule has 0 saturated carbocycles. The van der Waals surface area contributed by atoms with Gasteiger partial charge < -0.3 is 5.32 Å². The van der Waals surface area contributed by atoms with Gasteiger partial charge in [0.05, 0.1) is 11.4 Å². The molecule has 0 aliphatic carbocycles. The van der Waals surface area contributed by atoms with E-state index in [1.165, 1.54) is 11.8 Å². The topological polar surface area (TPSA) is 59.8 Å². The molecule has 5 nitrogen and oxygen atoms in total. The van der Waals surface area contributed by atoms with E-state index in [1.54, 1.807) is 0 Å². The van der Waals surface area contributed by atoms with E-state index in [0.717, 1.165) is 32.8 Å². The molecule has 1 heterocycles. The lowest BCUT2D eigenvalue weighted by Gasteiger charge is -2.11. The highest BCUT2D eigenvalue weighted by Crippen LogP contribution is 2.26. The molecule has 156 valence electrons. The molecule has 0 radical (unpaired) electrons. The Morgan fingerprint density at radius 3 is 2.42 bits per heavy atom. The van der Waals surface area contributed by atoms with E-state index in [0.29, 0.717) is 11.6 Å². The quantitative estimate of drug-likeness (QED) is 0.338. The van der Waals surface area contributed by atoms with Crippen LogP contribution >= 0.6 is 27.7 Å². The minimum atomic E-state index is -0.0956. The first-order valence-corrected chi connectivity index (χ1v) is 11.6. The SMILES string of the molecule is Cc1ccc(NC(=O)CSc2nnc(Cc3ccccc3)n2-c2ccccc2)c(Br)c1. The number of aromatic nitrogens is 3. The molecule has 3 aromatic carbocycles. The van der Waals surface area contributed by atoms with Crippen LogP contribution in [0.1, 0.15) is 17.0 Å². The smallest absolute Gasteiger partial charge is 0.234 e. The van der Waals surface area contributed by atoms with Gasteiger partial charge in [-0.05, 0) is 58.2 Å². The standard InChI is InChI=1S/C24H21BrN4OS/c1-17-12-13-21(20(25)14-17)26-23(30)16-31-24-28-27-22(15-18-8-4-2-5-9-18)29(24)19-10-6-3-7-11-19/h2-14H,15-16H2,1H3,(H,26,30). The van der Waals surface area contributed by atoms with Gasteiger partial charge in [-0.2, -0.15) is 0 Å². The van der Waals surface area contributed by atoms with Crippen molar-refractivity contribution in [3.63, 3.8) is 0 Å². The van der Waals surface area contributed by atoms with Crippen LogP contribution in [0.25, 0.3) is 5.69 Å². The summed E-state index contributed by atoms with van der Waals surface area (Å²) in [5.41, 5.74) is 4.01. The van der Waals surface area contributed by atoms with E-state index < -0.39 is 0 Å². The molecule has 0 atom stereocenters. The number of aryl methyl sites for hydroxylation is 1. The molecule has 0 fully saturated rings. The number of para-hydroxylation sites is 1. The van der Waals surface area contributed by atoms with Gasteiger partial charge >= 0.3 is 0 Å². The second kappa shape index (κ2) is 9.94. The first-order valence-electron chi connectivity index (χ1n) is 9.82. The molecule has 1 amide bonds. The highest BCUT2D eigenvalue weighted by atomic mass is 79.9. The third kappa shape index (κ3) is 5.42. The number of halogens is 1. The van der Waals surface area contributed by atoms with Gasteiger partial charge in [-0.25, -0.2) is 0 Å². The van der Waals surface area contributed by atoms with Crippen molar-refractivity contribution in [1.82, 2.24) is 14.8 Å². The average molecular weight is 493 g/mol. The normalized spacial score (nSPS) is 10.8. The molecular formula is C24H21BrN4OS. The van der Waals surface area contributed by atoms with Crippen molar-refractivity contribution in [1.29, 1.82) is 0 Å². The Morgan fingerprint density at radius 1 is 1.00 bits per heavy atom. The first kappa shape index (κ1) is 21.3. The molecule has 31 heavy (non-hydrogen) atoms. The second-order valence-electron chi connectivity index (χ2n) is 7.05.